The van der Waals surface area contributed by atoms with Crippen molar-refractivity contribution in [3.8, 4) is 11.5 Å². The van der Waals surface area contributed by atoms with Gasteiger partial charge in [0, 0.05) is 0 Å². The number of nitrogens with zero attached hydrogens (tertiary/aromatic N) is 1. The number of carbonyl (C=O) groups is 1. The highest BCUT2D eigenvalue weighted by Gasteiger charge is 2.39. The minimum atomic E-state index is -1.90. The fraction of sp³-hybridized carbons (Fsp3) is 0.130. The lowest BCUT2D eigenvalue weighted by Gasteiger charge is -2.27. The van der Waals surface area contributed by atoms with E-state index in [9.17, 15) is 15.0 Å². The Kier molecular flexibility index (Phi) is 7.07. The van der Waals surface area contributed by atoms with Crippen LogP contribution in [0, 0.1) is 3.57 Å². The number of halogens is 1. The molecule has 154 valence electrons. The Balaban J connectivity index is 1.87. The highest BCUT2D eigenvalue weighted by Crippen LogP contribution is 2.32. The molecule has 0 heterocycles. The van der Waals surface area contributed by atoms with E-state index in [0.29, 0.717) is 32.6 Å². The summed E-state index contributed by atoms with van der Waals surface area (Å²) in [6.07, 6.45) is 1.43. The number of amides is 1. The number of nitrogens with one attached hydrogen (secondary N) is 1. The van der Waals surface area contributed by atoms with E-state index < -0.39 is 11.5 Å². The van der Waals surface area contributed by atoms with E-state index >= 15 is 0 Å². The molecule has 1 amide bonds. The van der Waals surface area contributed by atoms with Gasteiger partial charge in [0.1, 0.15) is 0 Å². The van der Waals surface area contributed by atoms with Crippen molar-refractivity contribution in [2.45, 2.75) is 12.5 Å². The van der Waals surface area contributed by atoms with Gasteiger partial charge in [-0.15, -0.1) is 0 Å². The summed E-state index contributed by atoms with van der Waals surface area (Å²) in [6, 6.07) is 20.7. The Hall–Kier alpha value is -2.91. The van der Waals surface area contributed by atoms with Gasteiger partial charge < -0.3 is 14.9 Å². The Morgan fingerprint density at radius 3 is 2.20 bits per heavy atom. The van der Waals surface area contributed by atoms with Crippen LogP contribution in [0.4, 0.5) is 0 Å². The lowest BCUT2D eigenvalue weighted by Crippen LogP contribution is -2.43. The fourth-order valence-corrected chi connectivity index (χ4v) is 3.59. The topological polar surface area (TPSA) is 91.2 Å². The summed E-state index contributed by atoms with van der Waals surface area (Å²) < 4.78 is 6.01. The molecule has 0 saturated carbocycles. The molecule has 0 aromatic heterocycles. The van der Waals surface area contributed by atoms with Crippen LogP contribution in [-0.2, 0) is 10.4 Å². The third-order valence-corrected chi connectivity index (χ3v) is 5.26. The predicted octanol–water partition coefficient (Wildman–Crippen LogP) is 3.78. The first-order valence-electron chi connectivity index (χ1n) is 9.29. The number of phenols is 1. The molecule has 3 N–H and O–H groups in total. The van der Waals surface area contributed by atoms with Gasteiger partial charge in [-0.1, -0.05) is 60.7 Å². The molecule has 0 aliphatic heterocycles. The number of aliphatic hydroxyl groups is 1. The Morgan fingerprint density at radius 1 is 1.10 bits per heavy atom. The van der Waals surface area contributed by atoms with E-state index in [4.69, 9.17) is 4.74 Å². The first-order valence-corrected chi connectivity index (χ1v) is 10.4. The van der Waals surface area contributed by atoms with Crippen molar-refractivity contribution in [3.05, 3.63) is 93.1 Å². The molecule has 0 aliphatic carbocycles. The van der Waals surface area contributed by atoms with Gasteiger partial charge in [0.25, 0.3) is 5.91 Å². The number of phenolic OH excluding ortho intramolecular Hbond substituents is 1. The molecule has 0 spiro atoms. The maximum atomic E-state index is 13.0. The molecule has 3 rings (SSSR count). The Morgan fingerprint density at radius 2 is 1.67 bits per heavy atom. The van der Waals surface area contributed by atoms with Gasteiger partial charge in [-0.3, -0.25) is 4.79 Å². The van der Waals surface area contributed by atoms with Crippen molar-refractivity contribution < 1.29 is 19.7 Å². The summed E-state index contributed by atoms with van der Waals surface area (Å²) in [6.45, 7) is 2.23. The molecule has 6 nitrogen and oxygen atoms in total. The van der Waals surface area contributed by atoms with Crippen LogP contribution in [0.15, 0.2) is 77.9 Å². The van der Waals surface area contributed by atoms with Crippen molar-refractivity contribution in [1.29, 1.82) is 0 Å². The van der Waals surface area contributed by atoms with Gasteiger partial charge in [0.05, 0.1) is 16.4 Å². The van der Waals surface area contributed by atoms with Crippen molar-refractivity contribution in [2.75, 3.05) is 6.61 Å². The largest absolute Gasteiger partial charge is 0.504 e. The van der Waals surface area contributed by atoms with Crippen molar-refractivity contribution in [1.82, 2.24) is 5.43 Å². The number of carbonyl (C=O) groups excluding carboxylic acids is 1. The lowest BCUT2D eigenvalue weighted by molar-refractivity contribution is -0.136. The molecule has 0 radical (unpaired) electrons. The van der Waals surface area contributed by atoms with Crippen molar-refractivity contribution in [2.24, 2.45) is 5.10 Å². The van der Waals surface area contributed by atoms with Crippen LogP contribution in [0.5, 0.6) is 11.5 Å². The highest BCUT2D eigenvalue weighted by molar-refractivity contribution is 14.1. The van der Waals surface area contributed by atoms with Crippen molar-refractivity contribution >= 4 is 34.7 Å². The van der Waals surface area contributed by atoms with E-state index in [1.165, 1.54) is 6.21 Å². The SMILES string of the molecule is CCOc1cc(/C=N/NC(=O)C(O)(c2ccccc2)c2ccccc2)cc(I)c1O. The number of benzene rings is 3. The molecule has 3 aromatic rings. The molecule has 0 fully saturated rings. The highest BCUT2D eigenvalue weighted by atomic mass is 127. The summed E-state index contributed by atoms with van der Waals surface area (Å²) in [5, 5.41) is 25.4. The molecule has 0 atom stereocenters. The number of hydrogen-bond acceptors (Lipinski definition) is 5. The number of rotatable bonds is 7. The number of hydrazone groups is 1. The van der Waals surface area contributed by atoms with Crippen LogP contribution < -0.4 is 10.2 Å². The van der Waals surface area contributed by atoms with Crippen LogP contribution >= 0.6 is 22.6 Å². The van der Waals surface area contributed by atoms with E-state index in [-0.39, 0.29) is 5.75 Å². The second-order valence-corrected chi connectivity index (χ2v) is 7.59. The minimum absolute atomic E-state index is 0.0566. The van der Waals surface area contributed by atoms with Crippen LogP contribution in [0.1, 0.15) is 23.6 Å². The van der Waals surface area contributed by atoms with Gasteiger partial charge in [0.15, 0.2) is 17.1 Å². The van der Waals surface area contributed by atoms with E-state index in [1.807, 2.05) is 41.6 Å². The molecule has 30 heavy (non-hydrogen) atoms. The van der Waals surface area contributed by atoms with Gasteiger partial charge >= 0.3 is 0 Å². The fourth-order valence-electron chi connectivity index (χ4n) is 2.97. The molecule has 7 heteroatoms. The molecular weight excluding hydrogens is 495 g/mol. The summed E-state index contributed by atoms with van der Waals surface area (Å²) in [4.78, 5) is 13.0. The van der Waals surface area contributed by atoms with E-state index in [1.54, 1.807) is 60.7 Å². The normalized spacial score (nSPS) is 11.4. The van der Waals surface area contributed by atoms with Gasteiger partial charge in [-0.25, -0.2) is 5.43 Å². The number of hydrogen-bond donors (Lipinski definition) is 3. The van der Waals surface area contributed by atoms with Crippen LogP contribution in [-0.4, -0.2) is 28.9 Å². The Labute approximate surface area is 188 Å². The standard InChI is InChI=1S/C23H21IN2O4/c1-2-30-20-14-16(13-19(24)21(20)27)15-25-26-22(28)23(29,17-9-5-3-6-10-17)18-11-7-4-8-12-18/h3-15,27,29H,2H2,1H3,(H,26,28)/b25-15+. The maximum absolute atomic E-state index is 13.0. The summed E-state index contributed by atoms with van der Waals surface area (Å²) in [5.41, 5.74) is 2.02. The molecule has 0 aliphatic rings. The predicted molar refractivity (Wildman–Crippen MR) is 124 cm³/mol. The summed E-state index contributed by atoms with van der Waals surface area (Å²) in [5.74, 6) is -0.293. The van der Waals surface area contributed by atoms with Crippen molar-refractivity contribution in [3.63, 3.8) is 0 Å². The monoisotopic (exact) mass is 516 g/mol. The second kappa shape index (κ2) is 9.73. The Bertz CT molecular complexity index is 1000. The molecule has 0 bridgehead atoms. The summed E-state index contributed by atoms with van der Waals surface area (Å²) >= 11 is 1.99. The van der Waals surface area contributed by atoms with Crippen LogP contribution in [0.2, 0.25) is 0 Å². The smallest absolute Gasteiger partial charge is 0.281 e. The zero-order chi connectivity index (χ0) is 21.6. The third kappa shape index (κ3) is 4.63. The van der Waals surface area contributed by atoms with E-state index in [0.717, 1.165) is 0 Å². The first kappa shape index (κ1) is 21.8. The van der Waals surface area contributed by atoms with Crippen LogP contribution in [0.25, 0.3) is 0 Å². The van der Waals surface area contributed by atoms with Gasteiger partial charge in [-0.05, 0) is 58.3 Å². The first-order chi connectivity index (χ1) is 14.5. The quantitative estimate of drug-likeness (QED) is 0.253. The van der Waals surface area contributed by atoms with Crippen LogP contribution in [0.3, 0.4) is 0 Å². The summed E-state index contributed by atoms with van der Waals surface area (Å²) in [7, 11) is 0. The van der Waals surface area contributed by atoms with Gasteiger partial charge in [-0.2, -0.15) is 5.10 Å². The minimum Gasteiger partial charge on any atom is -0.504 e. The molecule has 0 unspecified atom stereocenters. The zero-order valence-corrected chi connectivity index (χ0v) is 18.4. The average Bonchev–Trinajstić information content (AvgIpc) is 2.77. The molecule has 3 aromatic carbocycles. The third-order valence-electron chi connectivity index (χ3n) is 4.44. The zero-order valence-electron chi connectivity index (χ0n) is 16.2. The van der Waals surface area contributed by atoms with Gasteiger partial charge in [0.2, 0.25) is 0 Å². The maximum Gasteiger partial charge on any atom is 0.281 e. The lowest BCUT2D eigenvalue weighted by atomic mass is 9.85. The average molecular weight is 516 g/mol. The van der Waals surface area contributed by atoms with E-state index in [2.05, 4.69) is 10.5 Å². The number of aromatic hydroxyl groups is 1. The molecule has 0 saturated heterocycles. The second-order valence-electron chi connectivity index (χ2n) is 6.42. The number of ether oxygens (including phenoxy) is 1. The molecular formula is C23H21IN2O4.